The highest BCUT2D eigenvalue weighted by Crippen LogP contribution is 2.23. The molecule has 0 aromatic heterocycles. The summed E-state index contributed by atoms with van der Waals surface area (Å²) in [6, 6.07) is 0. The zero-order valence-corrected chi connectivity index (χ0v) is 12.3. The molecule has 102 valence electrons. The van der Waals surface area contributed by atoms with Gasteiger partial charge in [0.1, 0.15) is 0 Å². The molecule has 1 heterocycles. The summed E-state index contributed by atoms with van der Waals surface area (Å²) < 4.78 is 30.8. The first-order valence-electron chi connectivity index (χ1n) is 6.06. The SMILES string of the molecule is CC(C)OCCS(=O)(=O)N1CCC(C)C(Cl)C1. The first kappa shape index (κ1) is 15.2. The highest BCUT2D eigenvalue weighted by Gasteiger charge is 2.31. The molecule has 1 aliphatic rings. The molecule has 6 heteroatoms. The molecule has 1 aliphatic heterocycles. The van der Waals surface area contributed by atoms with E-state index in [2.05, 4.69) is 6.92 Å². The van der Waals surface area contributed by atoms with Crippen molar-refractivity contribution in [2.75, 3.05) is 25.4 Å². The van der Waals surface area contributed by atoms with Crippen LogP contribution in [0, 0.1) is 5.92 Å². The molecule has 0 aliphatic carbocycles. The third-order valence-electron chi connectivity index (χ3n) is 3.02. The summed E-state index contributed by atoms with van der Waals surface area (Å²) in [7, 11) is -3.21. The van der Waals surface area contributed by atoms with E-state index in [4.69, 9.17) is 16.3 Å². The monoisotopic (exact) mass is 283 g/mol. The lowest BCUT2D eigenvalue weighted by atomic mass is 10.0. The van der Waals surface area contributed by atoms with E-state index >= 15 is 0 Å². The van der Waals surface area contributed by atoms with Crippen LogP contribution in [0.25, 0.3) is 0 Å². The topological polar surface area (TPSA) is 46.6 Å². The molecule has 1 saturated heterocycles. The lowest BCUT2D eigenvalue weighted by molar-refractivity contribution is 0.0905. The van der Waals surface area contributed by atoms with E-state index in [0.717, 1.165) is 6.42 Å². The maximum Gasteiger partial charge on any atom is 0.216 e. The van der Waals surface area contributed by atoms with Crippen LogP contribution in [0.2, 0.25) is 0 Å². The van der Waals surface area contributed by atoms with Gasteiger partial charge in [0.05, 0.1) is 18.5 Å². The van der Waals surface area contributed by atoms with Gasteiger partial charge in [-0.1, -0.05) is 6.92 Å². The summed E-state index contributed by atoms with van der Waals surface area (Å²) in [5.74, 6) is 0.429. The predicted molar refractivity (Wildman–Crippen MR) is 69.9 cm³/mol. The number of sulfonamides is 1. The molecule has 4 nitrogen and oxygen atoms in total. The Morgan fingerprint density at radius 2 is 2.12 bits per heavy atom. The summed E-state index contributed by atoms with van der Waals surface area (Å²) in [6.45, 7) is 7.09. The summed E-state index contributed by atoms with van der Waals surface area (Å²) in [5.41, 5.74) is 0. The number of halogens is 1. The largest absolute Gasteiger partial charge is 0.378 e. The van der Waals surface area contributed by atoms with Gasteiger partial charge in [0.15, 0.2) is 0 Å². The maximum atomic E-state index is 12.0. The Hall–Kier alpha value is 0.160. The molecule has 0 aromatic rings. The molecule has 0 aromatic carbocycles. The summed E-state index contributed by atoms with van der Waals surface area (Å²) in [4.78, 5) is 0. The first-order valence-corrected chi connectivity index (χ1v) is 8.11. The summed E-state index contributed by atoms with van der Waals surface area (Å²) in [5, 5.41) is -0.0791. The molecule has 1 fully saturated rings. The number of rotatable bonds is 5. The minimum absolute atomic E-state index is 0.0448. The zero-order valence-electron chi connectivity index (χ0n) is 10.7. The van der Waals surface area contributed by atoms with E-state index in [1.54, 1.807) is 0 Å². The number of hydrogen-bond donors (Lipinski definition) is 0. The van der Waals surface area contributed by atoms with Crippen molar-refractivity contribution >= 4 is 21.6 Å². The fourth-order valence-electron chi connectivity index (χ4n) is 1.77. The minimum atomic E-state index is -3.21. The van der Waals surface area contributed by atoms with Crippen LogP contribution >= 0.6 is 11.6 Å². The highest BCUT2D eigenvalue weighted by molar-refractivity contribution is 7.89. The Morgan fingerprint density at radius 1 is 1.47 bits per heavy atom. The van der Waals surface area contributed by atoms with Crippen LogP contribution in [0.5, 0.6) is 0 Å². The molecule has 0 amide bonds. The lowest BCUT2D eigenvalue weighted by Crippen LogP contribution is -2.45. The van der Waals surface area contributed by atoms with Crippen molar-refractivity contribution in [3.05, 3.63) is 0 Å². The first-order chi connectivity index (χ1) is 7.83. The number of alkyl halides is 1. The summed E-state index contributed by atoms with van der Waals surface area (Å²) >= 11 is 6.12. The van der Waals surface area contributed by atoms with Gasteiger partial charge in [-0.2, -0.15) is 0 Å². The number of ether oxygens (including phenoxy) is 1. The van der Waals surface area contributed by atoms with Gasteiger partial charge in [0, 0.05) is 18.5 Å². The van der Waals surface area contributed by atoms with Crippen LogP contribution < -0.4 is 0 Å². The number of piperidine rings is 1. The Bertz CT molecular complexity index is 332. The molecular formula is C11H22ClNO3S. The molecular weight excluding hydrogens is 262 g/mol. The van der Waals surface area contributed by atoms with Crippen molar-refractivity contribution in [1.29, 1.82) is 0 Å². The highest BCUT2D eigenvalue weighted by atomic mass is 35.5. The third kappa shape index (κ3) is 4.73. The molecule has 17 heavy (non-hydrogen) atoms. The van der Waals surface area contributed by atoms with Crippen molar-refractivity contribution in [2.24, 2.45) is 5.92 Å². The molecule has 2 atom stereocenters. The van der Waals surface area contributed by atoms with Crippen LogP contribution in [0.4, 0.5) is 0 Å². The number of nitrogens with zero attached hydrogens (tertiary/aromatic N) is 1. The Balaban J connectivity index is 2.47. The van der Waals surface area contributed by atoms with Crippen LogP contribution in [0.3, 0.4) is 0 Å². The van der Waals surface area contributed by atoms with Crippen molar-refractivity contribution in [1.82, 2.24) is 4.31 Å². The molecule has 2 unspecified atom stereocenters. The van der Waals surface area contributed by atoms with Gasteiger partial charge in [-0.25, -0.2) is 12.7 Å². The fraction of sp³-hybridized carbons (Fsp3) is 1.00. The van der Waals surface area contributed by atoms with Crippen molar-refractivity contribution in [3.63, 3.8) is 0 Å². The van der Waals surface area contributed by atoms with E-state index in [9.17, 15) is 8.42 Å². The Kier molecular flexibility index (Phi) is 5.70. The predicted octanol–water partition coefficient (Wildman–Crippen LogP) is 1.69. The zero-order chi connectivity index (χ0) is 13.1. The molecule has 0 radical (unpaired) electrons. The van der Waals surface area contributed by atoms with Gasteiger partial charge in [0.25, 0.3) is 0 Å². The van der Waals surface area contributed by atoms with Crippen LogP contribution in [0.1, 0.15) is 27.2 Å². The molecule has 0 spiro atoms. The number of hydrogen-bond acceptors (Lipinski definition) is 3. The second-order valence-electron chi connectivity index (χ2n) is 4.88. The second kappa shape index (κ2) is 6.36. The van der Waals surface area contributed by atoms with Crippen LogP contribution in [-0.4, -0.2) is 49.7 Å². The minimum Gasteiger partial charge on any atom is -0.378 e. The van der Waals surface area contributed by atoms with Gasteiger partial charge < -0.3 is 4.74 Å². The van der Waals surface area contributed by atoms with Crippen molar-refractivity contribution in [2.45, 2.75) is 38.7 Å². The maximum absolute atomic E-state index is 12.0. The lowest BCUT2D eigenvalue weighted by Gasteiger charge is -2.33. The molecule has 0 N–H and O–H groups in total. The Labute approximate surface area is 109 Å². The fourth-order valence-corrected chi connectivity index (χ4v) is 3.48. The Morgan fingerprint density at radius 3 is 2.65 bits per heavy atom. The van der Waals surface area contributed by atoms with Crippen molar-refractivity contribution in [3.8, 4) is 0 Å². The average Bonchev–Trinajstić information content (AvgIpc) is 2.21. The van der Waals surface area contributed by atoms with Gasteiger partial charge in [-0.15, -0.1) is 11.6 Å². The summed E-state index contributed by atoms with van der Waals surface area (Å²) in [6.07, 6.45) is 0.894. The smallest absolute Gasteiger partial charge is 0.216 e. The second-order valence-corrected chi connectivity index (χ2v) is 7.52. The average molecular weight is 284 g/mol. The molecule has 0 saturated carbocycles. The van der Waals surface area contributed by atoms with Crippen LogP contribution in [0.15, 0.2) is 0 Å². The molecule has 1 rings (SSSR count). The van der Waals surface area contributed by atoms with Gasteiger partial charge >= 0.3 is 0 Å². The van der Waals surface area contributed by atoms with E-state index in [1.165, 1.54) is 4.31 Å². The van der Waals surface area contributed by atoms with Crippen molar-refractivity contribution < 1.29 is 13.2 Å². The normalized spacial score (nSPS) is 27.6. The van der Waals surface area contributed by atoms with Gasteiger partial charge in [0.2, 0.25) is 10.0 Å². The van der Waals surface area contributed by atoms with E-state index in [1.807, 2.05) is 13.8 Å². The quantitative estimate of drug-likeness (QED) is 0.722. The third-order valence-corrected chi connectivity index (χ3v) is 5.38. The van der Waals surface area contributed by atoms with Gasteiger partial charge in [-0.05, 0) is 26.2 Å². The van der Waals surface area contributed by atoms with Gasteiger partial charge in [-0.3, -0.25) is 0 Å². The van der Waals surface area contributed by atoms with E-state index in [-0.39, 0.29) is 23.8 Å². The molecule has 0 bridgehead atoms. The van der Waals surface area contributed by atoms with Crippen LogP contribution in [-0.2, 0) is 14.8 Å². The standard InChI is InChI=1S/C11H22ClNO3S/c1-9(2)16-6-7-17(14,15)13-5-4-10(3)11(12)8-13/h9-11H,4-8H2,1-3H3. The van der Waals surface area contributed by atoms with E-state index < -0.39 is 10.0 Å². The van der Waals surface area contributed by atoms with E-state index in [0.29, 0.717) is 19.0 Å².